The third-order valence-electron chi connectivity index (χ3n) is 13.3. The van der Waals surface area contributed by atoms with Gasteiger partial charge in [0.1, 0.15) is 13.2 Å². The molecule has 0 radical (unpaired) electrons. The summed E-state index contributed by atoms with van der Waals surface area (Å²) < 4.78 is 16.9. The second kappa shape index (κ2) is 58.7. The predicted octanol–water partition coefficient (Wildman–Crippen LogP) is 20.4. The van der Waals surface area contributed by atoms with Gasteiger partial charge in [-0.2, -0.15) is 0 Å². The number of ether oxygens (including phenoxy) is 3. The molecule has 0 amide bonds. The average molecular weight is 980 g/mol. The van der Waals surface area contributed by atoms with Crippen LogP contribution in [0.3, 0.4) is 0 Å². The van der Waals surface area contributed by atoms with Crippen LogP contribution in [-0.2, 0) is 28.6 Å². The van der Waals surface area contributed by atoms with E-state index >= 15 is 0 Å². The highest BCUT2D eigenvalue weighted by atomic mass is 16.6. The summed E-state index contributed by atoms with van der Waals surface area (Å²) in [5, 5.41) is 0. The molecule has 0 aromatic carbocycles. The van der Waals surface area contributed by atoms with Crippen molar-refractivity contribution >= 4 is 17.9 Å². The number of hydrogen-bond donors (Lipinski definition) is 0. The third kappa shape index (κ3) is 56.0. The highest BCUT2D eigenvalue weighted by Crippen LogP contribution is 2.17. The smallest absolute Gasteiger partial charge is 0.306 e. The minimum Gasteiger partial charge on any atom is -0.462 e. The molecule has 0 fully saturated rings. The van der Waals surface area contributed by atoms with Crippen LogP contribution in [0.1, 0.15) is 310 Å². The van der Waals surface area contributed by atoms with E-state index in [4.69, 9.17) is 14.2 Å². The van der Waals surface area contributed by atoms with E-state index in [1.54, 1.807) is 0 Å². The molecule has 0 aromatic heterocycles. The van der Waals surface area contributed by atoms with Gasteiger partial charge in [0, 0.05) is 19.3 Å². The van der Waals surface area contributed by atoms with Gasteiger partial charge >= 0.3 is 17.9 Å². The fourth-order valence-corrected chi connectivity index (χ4v) is 8.77. The van der Waals surface area contributed by atoms with Crippen LogP contribution in [-0.4, -0.2) is 37.2 Å². The lowest BCUT2D eigenvalue weighted by atomic mass is 10.0. The number of rotatable bonds is 55. The van der Waals surface area contributed by atoms with Gasteiger partial charge in [-0.15, -0.1) is 0 Å². The van der Waals surface area contributed by atoms with E-state index in [1.807, 2.05) is 0 Å². The van der Waals surface area contributed by atoms with E-state index in [1.165, 1.54) is 173 Å². The third-order valence-corrected chi connectivity index (χ3v) is 13.3. The average Bonchev–Trinajstić information content (AvgIpc) is 3.36. The van der Waals surface area contributed by atoms with Gasteiger partial charge in [0.2, 0.25) is 0 Å². The summed E-state index contributed by atoms with van der Waals surface area (Å²) in [5.41, 5.74) is 0. The molecule has 0 aliphatic rings. The number of esters is 3. The van der Waals surface area contributed by atoms with Gasteiger partial charge in [-0.3, -0.25) is 14.4 Å². The summed E-state index contributed by atoms with van der Waals surface area (Å²) in [5.74, 6) is -0.896. The van der Waals surface area contributed by atoms with E-state index in [9.17, 15) is 14.4 Å². The second-order valence-corrected chi connectivity index (χ2v) is 20.2. The van der Waals surface area contributed by atoms with Crippen molar-refractivity contribution in [2.45, 2.75) is 316 Å². The normalized spacial score (nSPS) is 12.4. The zero-order valence-corrected chi connectivity index (χ0v) is 46.5. The lowest BCUT2D eigenvalue weighted by Gasteiger charge is -2.18. The van der Waals surface area contributed by atoms with E-state index in [0.29, 0.717) is 19.3 Å². The maximum Gasteiger partial charge on any atom is 0.306 e. The molecule has 0 bridgehead atoms. The standard InChI is InChI=1S/C64H114O6/c1-4-7-10-13-16-19-22-25-28-30-32-34-36-39-42-45-48-51-54-57-63(66)69-60-61(59-68-62(65)56-53-50-47-44-41-38-35-27-24-21-18-15-12-9-6-3)70-64(67)58-55-52-49-46-43-40-37-33-31-29-26-23-20-17-14-11-8-5-2/h7,10,16,19,25,28,32,34,39,42,61H,4-6,8-9,11-15,17-18,20-24,26-27,29-31,33,35-38,40-41,43-60H2,1-3H3/b10-7-,19-16-,28-25-,34-32-,42-39-/t61-/m1/s1. The van der Waals surface area contributed by atoms with Crippen molar-refractivity contribution in [1.82, 2.24) is 0 Å². The number of unbranched alkanes of at least 4 members (excludes halogenated alkanes) is 34. The van der Waals surface area contributed by atoms with Crippen LogP contribution in [0.2, 0.25) is 0 Å². The molecule has 0 aromatic rings. The predicted molar refractivity (Wildman–Crippen MR) is 302 cm³/mol. The minimum absolute atomic E-state index is 0.0804. The molecular weight excluding hydrogens is 865 g/mol. The van der Waals surface area contributed by atoms with Crippen LogP contribution in [0.15, 0.2) is 60.8 Å². The topological polar surface area (TPSA) is 78.9 Å². The van der Waals surface area contributed by atoms with Crippen LogP contribution in [0, 0.1) is 0 Å². The summed E-state index contributed by atoms with van der Waals surface area (Å²) in [6.45, 7) is 6.54. The Morgan fingerprint density at radius 3 is 0.871 bits per heavy atom. The van der Waals surface area contributed by atoms with Gasteiger partial charge < -0.3 is 14.2 Å². The van der Waals surface area contributed by atoms with Crippen LogP contribution >= 0.6 is 0 Å². The molecule has 0 rings (SSSR count). The zero-order chi connectivity index (χ0) is 50.7. The molecule has 70 heavy (non-hydrogen) atoms. The summed E-state index contributed by atoms with van der Waals surface area (Å²) in [6.07, 6.45) is 73.6. The lowest BCUT2D eigenvalue weighted by Crippen LogP contribution is -2.30. The van der Waals surface area contributed by atoms with E-state index in [0.717, 1.165) is 96.3 Å². The molecule has 6 nitrogen and oxygen atoms in total. The molecule has 0 N–H and O–H groups in total. The Bertz CT molecular complexity index is 1260. The van der Waals surface area contributed by atoms with Crippen molar-refractivity contribution < 1.29 is 28.6 Å². The molecule has 6 heteroatoms. The van der Waals surface area contributed by atoms with Crippen molar-refractivity contribution in [2.75, 3.05) is 13.2 Å². The maximum absolute atomic E-state index is 12.9. The number of allylic oxidation sites excluding steroid dienone is 10. The Labute approximate surface area is 434 Å². The monoisotopic (exact) mass is 979 g/mol. The Kier molecular flexibility index (Phi) is 56.3. The Morgan fingerprint density at radius 1 is 0.300 bits per heavy atom. The summed E-state index contributed by atoms with van der Waals surface area (Å²) >= 11 is 0. The van der Waals surface area contributed by atoms with E-state index < -0.39 is 6.10 Å². The number of carbonyl (C=O) groups excluding carboxylic acids is 3. The molecule has 0 heterocycles. The quantitative estimate of drug-likeness (QED) is 0.0261. The zero-order valence-electron chi connectivity index (χ0n) is 46.5. The van der Waals surface area contributed by atoms with Crippen molar-refractivity contribution in [3.63, 3.8) is 0 Å². The van der Waals surface area contributed by atoms with Gasteiger partial charge in [0.05, 0.1) is 0 Å². The molecule has 406 valence electrons. The van der Waals surface area contributed by atoms with Crippen molar-refractivity contribution in [3.8, 4) is 0 Å². The second-order valence-electron chi connectivity index (χ2n) is 20.2. The van der Waals surface area contributed by atoms with E-state index in [2.05, 4.69) is 81.5 Å². The fraction of sp³-hybridized carbons (Fsp3) is 0.797. The first-order chi connectivity index (χ1) is 34.5. The van der Waals surface area contributed by atoms with Crippen LogP contribution < -0.4 is 0 Å². The van der Waals surface area contributed by atoms with Crippen LogP contribution in [0.4, 0.5) is 0 Å². The van der Waals surface area contributed by atoms with E-state index in [-0.39, 0.29) is 31.1 Å². The first-order valence-electron chi connectivity index (χ1n) is 30.3. The molecular formula is C64H114O6. The molecule has 0 spiro atoms. The SMILES string of the molecule is CC/C=C\C/C=C\C/C=C\C/C=C\C/C=C\CCCCCC(=O)OC[C@@H](COC(=O)CCCCCCCCCCCCCCCCC)OC(=O)CCCCCCCCCCCCCCCCCCCC. The fourth-order valence-electron chi connectivity index (χ4n) is 8.77. The Balaban J connectivity index is 4.40. The minimum atomic E-state index is -0.785. The molecule has 0 aliphatic carbocycles. The lowest BCUT2D eigenvalue weighted by molar-refractivity contribution is -0.167. The first kappa shape index (κ1) is 67.1. The Morgan fingerprint density at radius 2 is 0.557 bits per heavy atom. The summed E-state index contributed by atoms with van der Waals surface area (Å²) in [6, 6.07) is 0. The van der Waals surface area contributed by atoms with Crippen molar-refractivity contribution in [3.05, 3.63) is 60.8 Å². The van der Waals surface area contributed by atoms with Crippen molar-refractivity contribution in [2.24, 2.45) is 0 Å². The van der Waals surface area contributed by atoms with Gasteiger partial charge in [-0.25, -0.2) is 0 Å². The number of carbonyl (C=O) groups is 3. The van der Waals surface area contributed by atoms with Crippen LogP contribution in [0.5, 0.6) is 0 Å². The molecule has 0 unspecified atom stereocenters. The maximum atomic E-state index is 12.9. The van der Waals surface area contributed by atoms with Gasteiger partial charge in [-0.05, 0) is 64.2 Å². The highest BCUT2D eigenvalue weighted by molar-refractivity contribution is 5.71. The Hall–Kier alpha value is -2.89. The largest absolute Gasteiger partial charge is 0.462 e. The summed E-state index contributed by atoms with van der Waals surface area (Å²) in [7, 11) is 0. The van der Waals surface area contributed by atoms with Gasteiger partial charge in [0.25, 0.3) is 0 Å². The van der Waals surface area contributed by atoms with Crippen LogP contribution in [0.25, 0.3) is 0 Å². The van der Waals surface area contributed by atoms with Gasteiger partial charge in [-0.1, -0.05) is 287 Å². The molecule has 0 saturated carbocycles. The van der Waals surface area contributed by atoms with Crippen molar-refractivity contribution in [1.29, 1.82) is 0 Å². The summed E-state index contributed by atoms with van der Waals surface area (Å²) in [4.78, 5) is 38.2. The molecule has 1 atom stereocenters. The first-order valence-corrected chi connectivity index (χ1v) is 30.3. The van der Waals surface area contributed by atoms with Gasteiger partial charge in [0.15, 0.2) is 6.10 Å². The highest BCUT2D eigenvalue weighted by Gasteiger charge is 2.19. The molecule has 0 saturated heterocycles. The molecule has 0 aliphatic heterocycles. The number of hydrogen-bond acceptors (Lipinski definition) is 6.